The van der Waals surface area contributed by atoms with Crippen molar-refractivity contribution in [2.24, 2.45) is 0 Å². The van der Waals surface area contributed by atoms with E-state index in [1.165, 1.54) is 22.9 Å². The van der Waals surface area contributed by atoms with Gasteiger partial charge >= 0.3 is 5.97 Å². The molecule has 0 fully saturated rings. The van der Waals surface area contributed by atoms with E-state index in [0.717, 1.165) is 10.9 Å². The van der Waals surface area contributed by atoms with E-state index in [-0.39, 0.29) is 30.7 Å². The number of nitrogens with one attached hydrogen (secondary N) is 1. The number of hydrogen-bond donors (Lipinski definition) is 1. The van der Waals surface area contributed by atoms with E-state index in [9.17, 15) is 14.4 Å². The second kappa shape index (κ2) is 8.12. The maximum atomic E-state index is 12.8. The molecule has 0 unspecified atom stereocenters. The number of fused-ring (bicyclic) bond motifs is 1. The summed E-state index contributed by atoms with van der Waals surface area (Å²) in [6.45, 7) is 5.90. The summed E-state index contributed by atoms with van der Waals surface area (Å²) in [4.78, 5) is 36.4. The SMILES string of the molecule is CCOC(=O)Cn1cc(NC(=O)c2cccc3c2ccn3C(C)C)ccc1=O. The fourth-order valence-electron chi connectivity index (χ4n) is 3.11. The molecule has 0 aliphatic carbocycles. The highest BCUT2D eigenvalue weighted by Crippen LogP contribution is 2.24. The molecule has 1 amide bonds. The van der Waals surface area contributed by atoms with Crippen LogP contribution in [0.2, 0.25) is 0 Å². The Hall–Kier alpha value is -3.35. The molecule has 28 heavy (non-hydrogen) atoms. The van der Waals surface area contributed by atoms with E-state index < -0.39 is 5.97 Å². The summed E-state index contributed by atoms with van der Waals surface area (Å²) in [5, 5.41) is 3.66. The van der Waals surface area contributed by atoms with Crippen LogP contribution in [-0.4, -0.2) is 27.6 Å². The molecule has 0 saturated carbocycles. The number of benzene rings is 1. The van der Waals surface area contributed by atoms with Crippen LogP contribution in [0.25, 0.3) is 10.9 Å². The Morgan fingerprint density at radius 3 is 2.64 bits per heavy atom. The number of amides is 1. The molecule has 1 aromatic carbocycles. The van der Waals surface area contributed by atoms with Crippen LogP contribution < -0.4 is 10.9 Å². The molecular weight excluding hydrogens is 358 g/mol. The van der Waals surface area contributed by atoms with Crippen LogP contribution in [0.4, 0.5) is 5.69 Å². The molecule has 0 aliphatic heterocycles. The first-order chi connectivity index (χ1) is 13.4. The molecule has 0 spiro atoms. The molecular formula is C21H23N3O4. The van der Waals surface area contributed by atoms with Gasteiger partial charge in [0.1, 0.15) is 6.54 Å². The summed E-state index contributed by atoms with van der Waals surface area (Å²) in [6.07, 6.45) is 3.40. The summed E-state index contributed by atoms with van der Waals surface area (Å²) in [7, 11) is 0. The first kappa shape index (κ1) is 19.4. The Kier molecular flexibility index (Phi) is 5.63. The van der Waals surface area contributed by atoms with E-state index in [4.69, 9.17) is 4.74 Å². The van der Waals surface area contributed by atoms with Gasteiger partial charge in [0, 0.05) is 41.0 Å². The number of carbonyl (C=O) groups is 2. The number of anilines is 1. The van der Waals surface area contributed by atoms with Crippen LogP contribution in [-0.2, 0) is 16.1 Å². The van der Waals surface area contributed by atoms with E-state index in [1.54, 1.807) is 13.0 Å². The van der Waals surface area contributed by atoms with Gasteiger partial charge in [0.15, 0.2) is 0 Å². The fourth-order valence-corrected chi connectivity index (χ4v) is 3.11. The molecule has 3 aromatic rings. The predicted octanol–water partition coefficient (Wildman–Crippen LogP) is 3.20. The van der Waals surface area contributed by atoms with Gasteiger partial charge in [-0.2, -0.15) is 0 Å². The van der Waals surface area contributed by atoms with Gasteiger partial charge in [0.2, 0.25) is 0 Å². The lowest BCUT2D eigenvalue weighted by atomic mass is 10.1. The molecule has 0 aliphatic rings. The number of rotatable bonds is 6. The molecule has 0 bridgehead atoms. The highest BCUT2D eigenvalue weighted by molar-refractivity contribution is 6.12. The number of ether oxygens (including phenoxy) is 1. The normalized spacial score (nSPS) is 11.0. The van der Waals surface area contributed by atoms with E-state index in [1.807, 2.05) is 24.4 Å². The van der Waals surface area contributed by atoms with Crippen molar-refractivity contribution >= 4 is 28.5 Å². The summed E-state index contributed by atoms with van der Waals surface area (Å²) in [5.74, 6) is -0.790. The van der Waals surface area contributed by atoms with Gasteiger partial charge in [0.05, 0.1) is 12.3 Å². The second-order valence-corrected chi connectivity index (χ2v) is 6.70. The molecule has 7 nitrogen and oxygen atoms in total. The number of pyridine rings is 1. The number of esters is 1. The van der Waals surface area contributed by atoms with Crippen LogP contribution in [0.1, 0.15) is 37.2 Å². The minimum absolute atomic E-state index is 0.205. The maximum Gasteiger partial charge on any atom is 0.326 e. The Labute approximate surface area is 162 Å². The van der Waals surface area contributed by atoms with Gasteiger partial charge in [-0.15, -0.1) is 0 Å². The zero-order chi connectivity index (χ0) is 20.3. The van der Waals surface area contributed by atoms with Crippen LogP contribution in [0.5, 0.6) is 0 Å². The summed E-state index contributed by atoms with van der Waals surface area (Å²) < 4.78 is 8.19. The molecule has 7 heteroatoms. The summed E-state index contributed by atoms with van der Waals surface area (Å²) >= 11 is 0. The third-order valence-corrected chi connectivity index (χ3v) is 4.41. The molecule has 0 radical (unpaired) electrons. The van der Waals surface area contributed by atoms with Crippen molar-refractivity contribution in [3.8, 4) is 0 Å². The lowest BCUT2D eigenvalue weighted by Gasteiger charge is -2.11. The predicted molar refractivity (Wildman–Crippen MR) is 108 cm³/mol. The average molecular weight is 381 g/mol. The van der Waals surface area contributed by atoms with Gasteiger partial charge in [0.25, 0.3) is 11.5 Å². The lowest BCUT2D eigenvalue weighted by molar-refractivity contribution is -0.143. The first-order valence-corrected chi connectivity index (χ1v) is 9.17. The maximum absolute atomic E-state index is 12.8. The van der Waals surface area contributed by atoms with Crippen molar-refractivity contribution < 1.29 is 14.3 Å². The number of aromatic nitrogens is 2. The minimum Gasteiger partial charge on any atom is -0.465 e. The average Bonchev–Trinajstić information content (AvgIpc) is 3.09. The van der Waals surface area contributed by atoms with Crippen molar-refractivity contribution in [1.82, 2.24) is 9.13 Å². The van der Waals surface area contributed by atoms with Crippen LogP contribution in [0.3, 0.4) is 0 Å². The highest BCUT2D eigenvalue weighted by atomic mass is 16.5. The van der Waals surface area contributed by atoms with Gasteiger partial charge < -0.3 is 19.2 Å². The minimum atomic E-state index is -0.507. The highest BCUT2D eigenvalue weighted by Gasteiger charge is 2.14. The molecule has 0 atom stereocenters. The van der Waals surface area contributed by atoms with Crippen molar-refractivity contribution in [1.29, 1.82) is 0 Å². The quantitative estimate of drug-likeness (QED) is 0.665. The summed E-state index contributed by atoms with van der Waals surface area (Å²) in [5.41, 5.74) is 1.60. The number of hydrogen-bond acceptors (Lipinski definition) is 4. The van der Waals surface area contributed by atoms with Crippen LogP contribution >= 0.6 is 0 Å². The third kappa shape index (κ3) is 3.98. The molecule has 146 valence electrons. The molecule has 1 N–H and O–H groups in total. The zero-order valence-electron chi connectivity index (χ0n) is 16.1. The van der Waals surface area contributed by atoms with Crippen molar-refractivity contribution in [3.05, 3.63) is 64.7 Å². The topological polar surface area (TPSA) is 82.3 Å². The Balaban J connectivity index is 1.87. The van der Waals surface area contributed by atoms with Gasteiger partial charge in [-0.3, -0.25) is 14.4 Å². The Morgan fingerprint density at radius 1 is 1.14 bits per heavy atom. The number of nitrogens with zero attached hydrogens (tertiary/aromatic N) is 2. The van der Waals surface area contributed by atoms with Crippen molar-refractivity contribution in [3.63, 3.8) is 0 Å². The standard InChI is InChI=1S/C21H23N3O4/c1-4-28-20(26)13-23-12-15(8-9-19(23)25)22-21(27)17-6-5-7-18-16(17)10-11-24(18)14(2)3/h5-12,14H,4,13H2,1-3H3,(H,22,27). The van der Waals surface area contributed by atoms with Gasteiger partial charge in [-0.05, 0) is 45.0 Å². The largest absolute Gasteiger partial charge is 0.465 e. The summed E-state index contributed by atoms with van der Waals surface area (Å²) in [6, 6.07) is 10.6. The van der Waals surface area contributed by atoms with E-state index >= 15 is 0 Å². The van der Waals surface area contributed by atoms with Crippen LogP contribution in [0.15, 0.2) is 53.6 Å². The molecule has 0 saturated heterocycles. The number of carbonyl (C=O) groups excluding carboxylic acids is 2. The monoisotopic (exact) mass is 381 g/mol. The van der Waals surface area contributed by atoms with E-state index in [2.05, 4.69) is 23.7 Å². The first-order valence-electron chi connectivity index (χ1n) is 9.17. The van der Waals surface area contributed by atoms with E-state index in [0.29, 0.717) is 11.3 Å². The molecule has 2 aromatic heterocycles. The Morgan fingerprint density at radius 2 is 1.93 bits per heavy atom. The van der Waals surface area contributed by atoms with Crippen molar-refractivity contribution in [2.45, 2.75) is 33.4 Å². The third-order valence-electron chi connectivity index (χ3n) is 4.41. The fraction of sp³-hybridized carbons (Fsp3) is 0.286. The molecule has 3 rings (SSSR count). The molecule has 2 heterocycles. The second-order valence-electron chi connectivity index (χ2n) is 6.70. The van der Waals surface area contributed by atoms with Crippen molar-refractivity contribution in [2.75, 3.05) is 11.9 Å². The van der Waals surface area contributed by atoms with Crippen LogP contribution in [0, 0.1) is 0 Å². The lowest BCUT2D eigenvalue weighted by Crippen LogP contribution is -2.25. The zero-order valence-corrected chi connectivity index (χ0v) is 16.1. The van der Waals surface area contributed by atoms with Gasteiger partial charge in [-0.1, -0.05) is 6.07 Å². The Bertz CT molecular complexity index is 1080. The van der Waals surface area contributed by atoms with Gasteiger partial charge in [-0.25, -0.2) is 0 Å². The smallest absolute Gasteiger partial charge is 0.326 e.